The van der Waals surface area contributed by atoms with Crippen molar-refractivity contribution in [2.24, 2.45) is 0 Å². The van der Waals surface area contributed by atoms with Gasteiger partial charge < -0.3 is 9.80 Å². The zero-order valence-electron chi connectivity index (χ0n) is 18.0. The van der Waals surface area contributed by atoms with Crippen LogP contribution < -0.4 is 10.6 Å². The number of halogens is 2. The molecule has 5 rings (SSSR count). The molecule has 1 aliphatic heterocycles. The summed E-state index contributed by atoms with van der Waals surface area (Å²) in [6.45, 7) is 7.03. The third-order valence-electron chi connectivity index (χ3n) is 6.19. The lowest BCUT2D eigenvalue weighted by atomic mass is 10.1. The van der Waals surface area contributed by atoms with E-state index in [1.165, 1.54) is 10.6 Å². The summed E-state index contributed by atoms with van der Waals surface area (Å²) in [4.78, 5) is 42.7. The van der Waals surface area contributed by atoms with E-state index in [0.29, 0.717) is 48.2 Å². The first kappa shape index (κ1) is 21.9. The lowest BCUT2D eigenvalue weighted by Crippen LogP contribution is -2.54. The Morgan fingerprint density at radius 1 is 1.21 bits per heavy atom. The van der Waals surface area contributed by atoms with Crippen molar-refractivity contribution in [3.05, 3.63) is 63.3 Å². The van der Waals surface area contributed by atoms with Crippen molar-refractivity contribution in [2.75, 3.05) is 24.5 Å². The molecule has 8 nitrogen and oxygen atoms in total. The molecule has 1 aliphatic carbocycles. The largest absolute Gasteiger partial charge is 0.357 e. The van der Waals surface area contributed by atoms with Crippen molar-refractivity contribution < 1.29 is 4.79 Å². The molecule has 1 saturated carbocycles. The van der Waals surface area contributed by atoms with Crippen LogP contribution >= 0.6 is 23.2 Å². The maximum Gasteiger partial charge on any atom is 0.357 e. The molecule has 4 heterocycles. The topological polar surface area (TPSA) is 84.2 Å². The SMILES string of the molecule is C=CC(=O)N1CCN(c2nc(=O)n(-c3ncccc3C3CC3)c3nc(Cl)c(Cl)cc23)C(C)C1. The number of anilines is 1. The van der Waals surface area contributed by atoms with Crippen LogP contribution in [-0.2, 0) is 4.79 Å². The van der Waals surface area contributed by atoms with Crippen molar-refractivity contribution in [3.8, 4) is 5.82 Å². The summed E-state index contributed by atoms with van der Waals surface area (Å²) < 4.78 is 1.43. The summed E-state index contributed by atoms with van der Waals surface area (Å²) in [6, 6.07) is 5.47. The van der Waals surface area contributed by atoms with Gasteiger partial charge in [-0.3, -0.25) is 4.79 Å². The fraction of sp³-hybridized carbons (Fsp3) is 0.348. The molecule has 1 unspecified atom stereocenters. The highest BCUT2D eigenvalue weighted by atomic mass is 35.5. The van der Waals surface area contributed by atoms with Gasteiger partial charge in [0.1, 0.15) is 16.8 Å². The van der Waals surface area contributed by atoms with E-state index in [-0.39, 0.29) is 22.1 Å². The van der Waals surface area contributed by atoms with Gasteiger partial charge in [0, 0.05) is 31.9 Å². The third kappa shape index (κ3) is 3.87. The molecule has 1 amide bonds. The summed E-state index contributed by atoms with van der Waals surface area (Å²) in [5, 5.41) is 0.980. The minimum Gasteiger partial charge on any atom is -0.350 e. The normalized spacial score (nSPS) is 18.6. The summed E-state index contributed by atoms with van der Waals surface area (Å²) in [7, 11) is 0. The second-order valence-corrected chi connectivity index (χ2v) is 9.17. The maximum absolute atomic E-state index is 13.4. The molecule has 0 aromatic carbocycles. The number of amides is 1. The minimum atomic E-state index is -0.485. The Morgan fingerprint density at radius 3 is 2.70 bits per heavy atom. The van der Waals surface area contributed by atoms with Crippen LogP contribution in [0.3, 0.4) is 0 Å². The molecular weight excluding hydrogens is 463 g/mol. The number of hydrogen-bond acceptors (Lipinski definition) is 6. The van der Waals surface area contributed by atoms with E-state index >= 15 is 0 Å². The zero-order chi connectivity index (χ0) is 23.3. The Labute approximate surface area is 200 Å². The predicted molar refractivity (Wildman–Crippen MR) is 129 cm³/mol. The van der Waals surface area contributed by atoms with Crippen LogP contribution in [0.25, 0.3) is 16.9 Å². The van der Waals surface area contributed by atoms with E-state index in [9.17, 15) is 9.59 Å². The Kier molecular flexibility index (Phi) is 5.58. The summed E-state index contributed by atoms with van der Waals surface area (Å²) in [5.74, 6) is 1.25. The molecule has 0 bridgehead atoms. The number of rotatable bonds is 4. The Balaban J connectivity index is 1.68. The molecule has 0 spiro atoms. The van der Waals surface area contributed by atoms with Crippen molar-refractivity contribution in [1.82, 2.24) is 24.4 Å². The quantitative estimate of drug-likeness (QED) is 0.415. The first-order valence-electron chi connectivity index (χ1n) is 10.8. The van der Waals surface area contributed by atoms with Crippen LogP contribution in [0.5, 0.6) is 0 Å². The lowest BCUT2D eigenvalue weighted by Gasteiger charge is -2.40. The monoisotopic (exact) mass is 484 g/mol. The number of carbonyl (C=O) groups is 1. The number of fused-ring (bicyclic) bond motifs is 1. The van der Waals surface area contributed by atoms with Crippen LogP contribution in [-0.4, -0.2) is 56.0 Å². The van der Waals surface area contributed by atoms with Gasteiger partial charge in [0.15, 0.2) is 5.65 Å². The fourth-order valence-corrected chi connectivity index (χ4v) is 4.69. The van der Waals surface area contributed by atoms with Crippen LogP contribution in [0.4, 0.5) is 5.82 Å². The molecule has 0 radical (unpaired) electrons. The number of aromatic nitrogens is 4. The molecular formula is C23H22Cl2N6O2. The van der Waals surface area contributed by atoms with Gasteiger partial charge >= 0.3 is 5.69 Å². The average Bonchev–Trinajstić information content (AvgIpc) is 3.65. The number of pyridine rings is 2. The first-order chi connectivity index (χ1) is 15.9. The molecule has 10 heteroatoms. The number of piperazine rings is 1. The molecule has 0 N–H and O–H groups in total. The molecule has 2 aliphatic rings. The Morgan fingerprint density at radius 2 is 2.00 bits per heavy atom. The van der Waals surface area contributed by atoms with Gasteiger partial charge in [-0.05, 0) is 49.5 Å². The van der Waals surface area contributed by atoms with Crippen LogP contribution in [0.2, 0.25) is 10.2 Å². The average molecular weight is 485 g/mol. The molecule has 170 valence electrons. The first-order valence-corrected chi connectivity index (χ1v) is 11.6. The van der Waals surface area contributed by atoms with Gasteiger partial charge in [-0.15, -0.1) is 0 Å². The van der Waals surface area contributed by atoms with Crippen molar-refractivity contribution in [1.29, 1.82) is 0 Å². The molecule has 2 fully saturated rings. The zero-order valence-corrected chi connectivity index (χ0v) is 19.6. The summed E-state index contributed by atoms with van der Waals surface area (Å²) in [5.41, 5.74) is 0.867. The van der Waals surface area contributed by atoms with Gasteiger partial charge in [-0.2, -0.15) is 4.98 Å². The maximum atomic E-state index is 13.4. The minimum absolute atomic E-state index is 0.0834. The van der Waals surface area contributed by atoms with Gasteiger partial charge in [0.2, 0.25) is 5.91 Å². The van der Waals surface area contributed by atoms with Crippen LogP contribution in [0.1, 0.15) is 31.2 Å². The molecule has 1 atom stereocenters. The van der Waals surface area contributed by atoms with E-state index < -0.39 is 5.69 Å². The van der Waals surface area contributed by atoms with Crippen LogP contribution in [0.15, 0.2) is 41.8 Å². The standard InChI is InChI=1S/C23H22Cl2N6O2/c1-3-18(32)29-9-10-30(13(2)12-29)21-16-11-17(24)19(25)27-22(16)31(23(33)28-21)20-15(14-6-7-14)5-4-8-26-20/h3-5,8,11,13-14H,1,6-7,9-10,12H2,2H3. The number of nitrogens with zero attached hydrogens (tertiary/aromatic N) is 6. The number of carbonyl (C=O) groups excluding carboxylic acids is 1. The number of hydrogen-bond donors (Lipinski definition) is 0. The molecule has 3 aromatic heterocycles. The smallest absolute Gasteiger partial charge is 0.350 e. The third-order valence-corrected chi connectivity index (χ3v) is 6.86. The van der Waals surface area contributed by atoms with Crippen molar-refractivity contribution in [2.45, 2.75) is 31.7 Å². The highest BCUT2D eigenvalue weighted by molar-refractivity contribution is 6.41. The van der Waals surface area contributed by atoms with Gasteiger partial charge in [-0.1, -0.05) is 35.8 Å². The van der Waals surface area contributed by atoms with Gasteiger partial charge in [0.25, 0.3) is 0 Å². The summed E-state index contributed by atoms with van der Waals surface area (Å²) in [6.07, 6.45) is 5.08. The second-order valence-electron chi connectivity index (χ2n) is 8.41. The van der Waals surface area contributed by atoms with Gasteiger partial charge in [-0.25, -0.2) is 19.3 Å². The Bertz CT molecular complexity index is 1340. The predicted octanol–water partition coefficient (Wildman–Crippen LogP) is 3.58. The van der Waals surface area contributed by atoms with E-state index in [1.54, 1.807) is 17.2 Å². The van der Waals surface area contributed by atoms with Gasteiger partial charge in [0.05, 0.1) is 10.4 Å². The van der Waals surface area contributed by atoms with Crippen LogP contribution in [0, 0.1) is 0 Å². The van der Waals surface area contributed by atoms with Crippen molar-refractivity contribution in [3.63, 3.8) is 0 Å². The van der Waals surface area contributed by atoms with Crippen molar-refractivity contribution >= 4 is 46.0 Å². The highest BCUT2D eigenvalue weighted by Crippen LogP contribution is 2.42. The second kappa shape index (κ2) is 8.43. The lowest BCUT2D eigenvalue weighted by molar-refractivity contribution is -0.126. The Hall–Kier alpha value is -2.97. The molecule has 1 saturated heterocycles. The fourth-order valence-electron chi connectivity index (χ4n) is 4.40. The van der Waals surface area contributed by atoms with E-state index in [2.05, 4.69) is 21.5 Å². The van der Waals surface area contributed by atoms with E-state index in [0.717, 1.165) is 18.4 Å². The van der Waals surface area contributed by atoms with E-state index in [1.807, 2.05) is 24.0 Å². The highest BCUT2D eigenvalue weighted by Gasteiger charge is 2.31. The summed E-state index contributed by atoms with van der Waals surface area (Å²) >= 11 is 12.6. The van der Waals surface area contributed by atoms with E-state index in [4.69, 9.17) is 23.2 Å². The molecule has 33 heavy (non-hydrogen) atoms. The molecule has 3 aromatic rings.